The number of hydrogen-bond acceptors (Lipinski definition) is 6. The summed E-state index contributed by atoms with van der Waals surface area (Å²) < 4.78 is 40.8. The Morgan fingerprint density at radius 2 is 1.78 bits per heavy atom. The zero-order chi connectivity index (χ0) is 24.1. The smallest absolute Gasteiger partial charge is 0.480 e. The van der Waals surface area contributed by atoms with E-state index in [4.69, 9.17) is 0 Å². The Morgan fingerprint density at radius 1 is 1.16 bits per heavy atom. The SMILES string of the molecule is CCc1cc(C(=O)c2ccc(OC(F)(F)F)cc2)c(NC(=O)CNC(C(=O)O)C(C)C)s1. The number of halogens is 3. The highest BCUT2D eigenvalue weighted by Crippen LogP contribution is 2.31. The highest BCUT2D eigenvalue weighted by molar-refractivity contribution is 7.16. The zero-order valence-corrected chi connectivity index (χ0v) is 18.4. The molecule has 0 saturated heterocycles. The highest BCUT2D eigenvalue weighted by atomic mass is 32.1. The molecule has 174 valence electrons. The molecule has 0 saturated carbocycles. The number of aryl methyl sites for hydroxylation is 1. The molecule has 0 fully saturated rings. The van der Waals surface area contributed by atoms with Crippen molar-refractivity contribution in [3.8, 4) is 5.75 Å². The zero-order valence-electron chi connectivity index (χ0n) is 17.6. The van der Waals surface area contributed by atoms with Gasteiger partial charge in [0.05, 0.1) is 12.1 Å². The van der Waals surface area contributed by atoms with Gasteiger partial charge in [0.15, 0.2) is 5.78 Å². The largest absolute Gasteiger partial charge is 0.573 e. The van der Waals surface area contributed by atoms with Gasteiger partial charge in [-0.25, -0.2) is 0 Å². The number of anilines is 1. The third kappa shape index (κ3) is 7.06. The van der Waals surface area contributed by atoms with Crippen molar-refractivity contribution >= 4 is 34.0 Å². The molecule has 1 aromatic carbocycles. The van der Waals surface area contributed by atoms with Crippen LogP contribution in [0.4, 0.5) is 18.2 Å². The van der Waals surface area contributed by atoms with Gasteiger partial charge in [0, 0.05) is 10.4 Å². The lowest BCUT2D eigenvalue weighted by Gasteiger charge is -2.17. The molecule has 11 heteroatoms. The molecule has 0 aliphatic rings. The van der Waals surface area contributed by atoms with E-state index in [0.717, 1.165) is 17.0 Å². The standard InChI is InChI=1S/C21H23F3N2O5S/c1-4-14-9-15(18(28)12-5-7-13(8-6-12)31-21(22,23)24)19(32-14)26-16(27)10-25-17(11(2)3)20(29)30/h5-9,11,17,25H,4,10H2,1-3H3,(H,26,27)(H,29,30). The first-order valence-electron chi connectivity index (χ1n) is 9.70. The van der Waals surface area contributed by atoms with Gasteiger partial charge in [-0.3, -0.25) is 19.7 Å². The van der Waals surface area contributed by atoms with E-state index in [1.807, 2.05) is 6.92 Å². The Bertz CT molecular complexity index is 971. The highest BCUT2D eigenvalue weighted by Gasteiger charge is 2.31. The van der Waals surface area contributed by atoms with Crippen LogP contribution in [0.15, 0.2) is 30.3 Å². The van der Waals surface area contributed by atoms with E-state index in [-0.39, 0.29) is 28.6 Å². The lowest BCUT2D eigenvalue weighted by atomic mass is 10.0. The number of rotatable bonds is 10. The summed E-state index contributed by atoms with van der Waals surface area (Å²) >= 11 is 1.20. The van der Waals surface area contributed by atoms with Gasteiger partial charge in [-0.15, -0.1) is 24.5 Å². The minimum atomic E-state index is -4.84. The minimum Gasteiger partial charge on any atom is -0.480 e. The van der Waals surface area contributed by atoms with Crippen LogP contribution in [-0.2, 0) is 16.0 Å². The maximum absolute atomic E-state index is 12.9. The Hall–Kier alpha value is -2.92. The Kier molecular flexibility index (Phi) is 8.39. The molecule has 0 radical (unpaired) electrons. The van der Waals surface area contributed by atoms with Crippen LogP contribution in [-0.4, -0.2) is 41.7 Å². The van der Waals surface area contributed by atoms with Crippen LogP contribution in [0.25, 0.3) is 0 Å². The van der Waals surface area contributed by atoms with Crippen molar-refractivity contribution in [3.05, 3.63) is 46.3 Å². The molecule has 0 spiro atoms. The summed E-state index contributed by atoms with van der Waals surface area (Å²) in [4.78, 5) is 37.3. The normalized spacial score (nSPS) is 12.5. The van der Waals surface area contributed by atoms with Crippen LogP contribution in [0.2, 0.25) is 0 Å². The number of alkyl halides is 3. The number of nitrogens with one attached hydrogen (secondary N) is 2. The van der Waals surface area contributed by atoms with Crippen molar-refractivity contribution in [1.29, 1.82) is 0 Å². The number of benzene rings is 1. The Balaban J connectivity index is 2.16. The maximum Gasteiger partial charge on any atom is 0.573 e. The van der Waals surface area contributed by atoms with Crippen LogP contribution in [0.1, 0.15) is 41.6 Å². The average Bonchev–Trinajstić information content (AvgIpc) is 3.09. The first-order valence-corrected chi connectivity index (χ1v) is 10.5. The predicted octanol–water partition coefficient (Wildman–Crippen LogP) is 4.08. The van der Waals surface area contributed by atoms with Crippen LogP contribution < -0.4 is 15.4 Å². The van der Waals surface area contributed by atoms with E-state index >= 15 is 0 Å². The molecule has 1 heterocycles. The number of carboxylic acid groups (broad SMARTS) is 1. The van der Waals surface area contributed by atoms with Gasteiger partial charge in [-0.1, -0.05) is 20.8 Å². The molecular formula is C21H23F3N2O5S. The van der Waals surface area contributed by atoms with Crippen LogP contribution in [0, 0.1) is 5.92 Å². The van der Waals surface area contributed by atoms with Crippen molar-refractivity contribution < 1.29 is 37.4 Å². The van der Waals surface area contributed by atoms with E-state index < -0.39 is 35.8 Å². The first kappa shape index (κ1) is 25.3. The third-order valence-corrected chi connectivity index (χ3v) is 5.59. The van der Waals surface area contributed by atoms with Gasteiger partial charge >= 0.3 is 12.3 Å². The number of thiophene rings is 1. The lowest BCUT2D eigenvalue weighted by Crippen LogP contribution is -2.44. The van der Waals surface area contributed by atoms with Gasteiger partial charge in [-0.05, 0) is 42.7 Å². The van der Waals surface area contributed by atoms with Crippen molar-refractivity contribution in [1.82, 2.24) is 5.32 Å². The number of aliphatic carboxylic acids is 1. The van der Waals surface area contributed by atoms with Gasteiger partial charge in [0.25, 0.3) is 0 Å². The monoisotopic (exact) mass is 472 g/mol. The number of ether oxygens (including phenoxy) is 1. The maximum atomic E-state index is 12.9. The molecule has 1 amide bonds. The number of ketones is 1. The summed E-state index contributed by atoms with van der Waals surface area (Å²) in [6.07, 6.45) is -4.23. The quantitative estimate of drug-likeness (QED) is 0.450. The van der Waals surface area contributed by atoms with Crippen molar-refractivity contribution in [2.24, 2.45) is 5.92 Å². The van der Waals surface area contributed by atoms with Crippen molar-refractivity contribution in [3.63, 3.8) is 0 Å². The fourth-order valence-corrected chi connectivity index (χ4v) is 3.83. The van der Waals surface area contributed by atoms with Gasteiger partial charge in [0.1, 0.15) is 16.8 Å². The van der Waals surface area contributed by atoms with Gasteiger partial charge < -0.3 is 15.2 Å². The molecule has 0 bridgehead atoms. The van der Waals surface area contributed by atoms with E-state index in [2.05, 4.69) is 15.4 Å². The van der Waals surface area contributed by atoms with Crippen LogP contribution >= 0.6 is 11.3 Å². The summed E-state index contributed by atoms with van der Waals surface area (Å²) in [6, 6.07) is 5.19. The summed E-state index contributed by atoms with van der Waals surface area (Å²) in [5.41, 5.74) is 0.322. The molecule has 32 heavy (non-hydrogen) atoms. The second-order valence-electron chi connectivity index (χ2n) is 7.20. The molecule has 1 unspecified atom stereocenters. The molecule has 2 rings (SSSR count). The van der Waals surface area contributed by atoms with E-state index in [0.29, 0.717) is 6.42 Å². The molecule has 7 nitrogen and oxygen atoms in total. The molecule has 2 aromatic rings. The number of carbonyl (C=O) groups is 3. The van der Waals surface area contributed by atoms with Gasteiger partial charge in [0.2, 0.25) is 5.91 Å². The second-order valence-corrected chi connectivity index (χ2v) is 8.34. The molecule has 3 N–H and O–H groups in total. The summed E-state index contributed by atoms with van der Waals surface area (Å²) in [5.74, 6) is -2.77. The number of carboxylic acids is 1. The number of hydrogen-bond donors (Lipinski definition) is 3. The number of carbonyl (C=O) groups excluding carboxylic acids is 2. The van der Waals surface area contributed by atoms with Crippen molar-refractivity contribution in [2.75, 3.05) is 11.9 Å². The molecule has 1 aromatic heterocycles. The minimum absolute atomic E-state index is 0.124. The summed E-state index contributed by atoms with van der Waals surface area (Å²) in [6.45, 7) is 5.01. The lowest BCUT2D eigenvalue weighted by molar-refractivity contribution is -0.274. The predicted molar refractivity (Wildman–Crippen MR) is 113 cm³/mol. The molecular weight excluding hydrogens is 449 g/mol. The van der Waals surface area contributed by atoms with E-state index in [1.54, 1.807) is 19.9 Å². The Labute approximate surface area is 186 Å². The number of amides is 1. The van der Waals surface area contributed by atoms with E-state index in [1.165, 1.54) is 23.5 Å². The Morgan fingerprint density at radius 3 is 2.28 bits per heavy atom. The molecule has 0 aliphatic heterocycles. The van der Waals surface area contributed by atoms with E-state index in [9.17, 15) is 32.7 Å². The fourth-order valence-electron chi connectivity index (χ4n) is 2.82. The fraction of sp³-hybridized carbons (Fsp3) is 0.381. The van der Waals surface area contributed by atoms with Crippen LogP contribution in [0.5, 0.6) is 5.75 Å². The second kappa shape index (κ2) is 10.6. The third-order valence-electron chi connectivity index (χ3n) is 4.39. The summed E-state index contributed by atoms with van der Waals surface area (Å²) in [7, 11) is 0. The van der Waals surface area contributed by atoms with Gasteiger partial charge in [-0.2, -0.15) is 0 Å². The topological polar surface area (TPSA) is 105 Å². The molecule has 0 aliphatic carbocycles. The first-order chi connectivity index (χ1) is 14.9. The molecule has 1 atom stereocenters. The summed E-state index contributed by atoms with van der Waals surface area (Å²) in [5, 5.41) is 14.8. The van der Waals surface area contributed by atoms with Crippen LogP contribution in [0.3, 0.4) is 0 Å². The average molecular weight is 472 g/mol. The van der Waals surface area contributed by atoms with Crippen molar-refractivity contribution in [2.45, 2.75) is 39.6 Å².